The Balaban J connectivity index is 0.00000300. The number of nitrogens with two attached hydrogens (primary N) is 1. The van der Waals surface area contributed by atoms with Crippen molar-refractivity contribution in [1.82, 2.24) is 0 Å². The van der Waals surface area contributed by atoms with E-state index in [1.807, 2.05) is 42.5 Å². The molecule has 8 heteroatoms. The summed E-state index contributed by atoms with van der Waals surface area (Å²) in [4.78, 5) is 23.7. The van der Waals surface area contributed by atoms with Gasteiger partial charge in [0.25, 0.3) is 5.91 Å². The van der Waals surface area contributed by atoms with Crippen LogP contribution >= 0.6 is 28.3 Å². The van der Waals surface area contributed by atoms with Gasteiger partial charge in [0.05, 0.1) is 5.56 Å². The minimum absolute atomic E-state index is 0. The maximum Gasteiger partial charge on any atom is 0.323 e. The number of rotatable bonds is 6. The van der Waals surface area contributed by atoms with Crippen LogP contribution in [-0.2, 0) is 6.54 Å². The molecular formula is C21H20BrClN4O2. The molecule has 0 unspecified atom stereocenters. The van der Waals surface area contributed by atoms with Crippen molar-refractivity contribution in [3.63, 3.8) is 0 Å². The molecular weight excluding hydrogens is 456 g/mol. The molecule has 0 saturated carbocycles. The smallest absolute Gasteiger partial charge is 0.323 e. The van der Waals surface area contributed by atoms with Crippen LogP contribution in [0, 0.1) is 0 Å². The molecule has 3 amide bonds. The van der Waals surface area contributed by atoms with Crippen molar-refractivity contribution in [1.29, 1.82) is 0 Å². The Bertz CT molecular complexity index is 1010. The Morgan fingerprint density at radius 2 is 1.52 bits per heavy atom. The molecule has 0 fully saturated rings. The van der Waals surface area contributed by atoms with Crippen LogP contribution in [0.4, 0.5) is 21.9 Å². The highest BCUT2D eigenvalue weighted by Gasteiger charge is 2.07. The summed E-state index contributed by atoms with van der Waals surface area (Å²) in [5.41, 5.74) is 8.80. The van der Waals surface area contributed by atoms with E-state index in [9.17, 15) is 9.59 Å². The lowest BCUT2D eigenvalue weighted by Crippen LogP contribution is -2.19. The molecule has 0 spiro atoms. The van der Waals surface area contributed by atoms with Crippen LogP contribution in [0.25, 0.3) is 0 Å². The zero-order valence-electron chi connectivity index (χ0n) is 15.3. The summed E-state index contributed by atoms with van der Waals surface area (Å²) in [6.45, 7) is 0.479. The van der Waals surface area contributed by atoms with Crippen LogP contribution in [0.1, 0.15) is 15.9 Å². The van der Waals surface area contributed by atoms with Crippen molar-refractivity contribution in [2.24, 2.45) is 5.73 Å². The summed E-state index contributed by atoms with van der Waals surface area (Å²) >= 11 is 3.37. The van der Waals surface area contributed by atoms with E-state index in [4.69, 9.17) is 5.73 Å². The predicted molar refractivity (Wildman–Crippen MR) is 123 cm³/mol. The van der Waals surface area contributed by atoms with E-state index in [2.05, 4.69) is 31.9 Å². The van der Waals surface area contributed by atoms with Gasteiger partial charge >= 0.3 is 6.03 Å². The first-order valence-corrected chi connectivity index (χ1v) is 9.36. The molecule has 0 aromatic heterocycles. The van der Waals surface area contributed by atoms with Gasteiger partial charge in [0, 0.05) is 28.1 Å². The molecule has 6 nitrogen and oxygen atoms in total. The zero-order chi connectivity index (χ0) is 19.9. The number of hydrogen-bond donors (Lipinski definition) is 4. The normalized spacial score (nSPS) is 9.83. The van der Waals surface area contributed by atoms with Gasteiger partial charge in [0.1, 0.15) is 0 Å². The first kappa shape index (κ1) is 22.3. The van der Waals surface area contributed by atoms with Crippen LogP contribution in [0.3, 0.4) is 0 Å². The van der Waals surface area contributed by atoms with Crippen LogP contribution in [0.2, 0.25) is 0 Å². The van der Waals surface area contributed by atoms with Gasteiger partial charge in [0.15, 0.2) is 0 Å². The second kappa shape index (κ2) is 10.5. The third-order valence-electron chi connectivity index (χ3n) is 3.94. The lowest BCUT2D eigenvalue weighted by molar-refractivity contribution is 0.100. The monoisotopic (exact) mass is 474 g/mol. The van der Waals surface area contributed by atoms with Gasteiger partial charge in [-0.05, 0) is 48.0 Å². The van der Waals surface area contributed by atoms with Gasteiger partial charge in [-0.15, -0.1) is 12.4 Å². The van der Waals surface area contributed by atoms with E-state index < -0.39 is 5.91 Å². The van der Waals surface area contributed by atoms with Gasteiger partial charge in [-0.25, -0.2) is 4.79 Å². The molecule has 0 aliphatic carbocycles. The fourth-order valence-corrected chi connectivity index (χ4v) is 3.07. The molecule has 3 aromatic rings. The fourth-order valence-electron chi connectivity index (χ4n) is 2.67. The number of urea groups is 1. The van der Waals surface area contributed by atoms with Gasteiger partial charge in [0.2, 0.25) is 0 Å². The summed E-state index contributed by atoms with van der Waals surface area (Å²) in [7, 11) is 0. The minimum Gasteiger partial charge on any atom is -0.380 e. The van der Waals surface area contributed by atoms with Gasteiger partial charge in [-0.2, -0.15) is 0 Å². The number of hydrogen-bond acceptors (Lipinski definition) is 3. The first-order valence-electron chi connectivity index (χ1n) is 8.56. The predicted octanol–water partition coefficient (Wildman–Crippen LogP) is 5.23. The third kappa shape index (κ3) is 6.51. The molecule has 0 saturated heterocycles. The highest BCUT2D eigenvalue weighted by molar-refractivity contribution is 9.10. The van der Waals surface area contributed by atoms with Crippen LogP contribution in [-0.4, -0.2) is 11.9 Å². The molecule has 0 aliphatic heterocycles. The Hall–Kier alpha value is -3.03. The number of amides is 3. The molecule has 0 atom stereocenters. The highest BCUT2D eigenvalue weighted by Crippen LogP contribution is 2.18. The third-order valence-corrected chi connectivity index (χ3v) is 4.44. The standard InChI is InChI=1S/C21H19BrN4O2.ClH/c22-15-6-4-8-17(12-15)26-21(28)25-16-7-3-5-14(11-16)13-24-19-10-2-1-9-18(19)20(23)27;/h1-12,24H,13H2,(H2,23,27)(H2,25,26,28);1H. The zero-order valence-corrected chi connectivity index (χ0v) is 17.7. The van der Waals surface area contributed by atoms with Crippen LogP contribution in [0.5, 0.6) is 0 Å². The van der Waals surface area contributed by atoms with Crippen molar-refractivity contribution in [2.45, 2.75) is 6.54 Å². The fraction of sp³-hybridized carbons (Fsp3) is 0.0476. The Morgan fingerprint density at radius 1 is 0.862 bits per heavy atom. The van der Waals surface area contributed by atoms with E-state index in [0.29, 0.717) is 29.2 Å². The van der Waals surface area contributed by atoms with E-state index in [1.54, 1.807) is 30.3 Å². The number of anilines is 3. The van der Waals surface area contributed by atoms with E-state index in [1.165, 1.54) is 0 Å². The van der Waals surface area contributed by atoms with Crippen molar-refractivity contribution in [3.05, 3.63) is 88.4 Å². The van der Waals surface area contributed by atoms with Crippen molar-refractivity contribution in [2.75, 3.05) is 16.0 Å². The SMILES string of the molecule is Cl.NC(=O)c1ccccc1NCc1cccc(NC(=O)Nc2cccc(Br)c2)c1. The molecule has 3 aromatic carbocycles. The second-order valence-corrected chi connectivity index (χ2v) is 6.97. The number of primary amides is 1. The average Bonchev–Trinajstić information content (AvgIpc) is 2.66. The van der Waals surface area contributed by atoms with Crippen molar-refractivity contribution in [3.8, 4) is 0 Å². The first-order chi connectivity index (χ1) is 13.5. The highest BCUT2D eigenvalue weighted by atomic mass is 79.9. The molecule has 0 aliphatic rings. The van der Waals surface area contributed by atoms with Gasteiger partial charge in [-0.1, -0.05) is 46.3 Å². The second-order valence-electron chi connectivity index (χ2n) is 6.05. The van der Waals surface area contributed by atoms with E-state index in [0.717, 1.165) is 10.0 Å². The largest absolute Gasteiger partial charge is 0.380 e. The quantitative estimate of drug-likeness (QED) is 0.393. The Morgan fingerprint density at radius 3 is 2.21 bits per heavy atom. The van der Waals surface area contributed by atoms with Crippen LogP contribution < -0.4 is 21.7 Å². The van der Waals surface area contributed by atoms with Crippen molar-refractivity contribution >= 4 is 57.3 Å². The van der Waals surface area contributed by atoms with E-state index in [-0.39, 0.29) is 18.4 Å². The minimum atomic E-state index is -0.484. The Labute approximate surface area is 183 Å². The Kier molecular flexibility index (Phi) is 8.06. The lowest BCUT2D eigenvalue weighted by atomic mass is 10.1. The van der Waals surface area contributed by atoms with Gasteiger partial charge in [-0.3, -0.25) is 4.79 Å². The molecule has 0 bridgehead atoms. The molecule has 0 heterocycles. The number of carbonyl (C=O) groups excluding carboxylic acids is 2. The summed E-state index contributed by atoms with van der Waals surface area (Å²) in [5.74, 6) is -0.484. The number of para-hydroxylation sites is 1. The number of halogens is 2. The van der Waals surface area contributed by atoms with Crippen molar-refractivity contribution < 1.29 is 9.59 Å². The lowest BCUT2D eigenvalue weighted by Gasteiger charge is -2.12. The maximum atomic E-state index is 12.2. The molecule has 29 heavy (non-hydrogen) atoms. The molecule has 150 valence electrons. The van der Waals surface area contributed by atoms with Gasteiger partial charge < -0.3 is 21.7 Å². The summed E-state index contributed by atoms with van der Waals surface area (Å²) in [6.07, 6.45) is 0. The topological polar surface area (TPSA) is 96.2 Å². The molecule has 3 rings (SSSR count). The van der Waals surface area contributed by atoms with E-state index >= 15 is 0 Å². The summed E-state index contributed by atoms with van der Waals surface area (Å²) in [5, 5.41) is 8.80. The summed E-state index contributed by atoms with van der Waals surface area (Å²) < 4.78 is 0.884. The molecule has 0 radical (unpaired) electrons. The number of nitrogens with one attached hydrogen (secondary N) is 3. The number of carbonyl (C=O) groups is 2. The number of benzene rings is 3. The maximum absolute atomic E-state index is 12.2. The molecule has 5 N–H and O–H groups in total. The average molecular weight is 476 g/mol. The van der Waals surface area contributed by atoms with Crippen LogP contribution in [0.15, 0.2) is 77.3 Å². The summed E-state index contributed by atoms with van der Waals surface area (Å²) in [6, 6.07) is 21.5.